The molecule has 0 unspecified atom stereocenters. The monoisotopic (exact) mass is 301 g/mol. The number of halogens is 3. The van der Waals surface area contributed by atoms with Crippen LogP contribution >= 0.6 is 0 Å². The molecule has 111 valence electrons. The van der Waals surface area contributed by atoms with E-state index in [0.29, 0.717) is 6.42 Å². The molecule has 3 radical (unpaired) electrons. The maximum absolute atomic E-state index is 12.6. The minimum atomic E-state index is -4.26. The first-order valence-corrected chi connectivity index (χ1v) is 7.16. The Bertz CT molecular complexity index is 416. The van der Waals surface area contributed by atoms with Gasteiger partial charge in [0.05, 0.1) is 5.56 Å². The molecule has 20 heavy (non-hydrogen) atoms. The Hall–Kier alpha value is -0.813. The number of aryl methyl sites for hydroxylation is 1. The number of benzene rings is 1. The summed E-state index contributed by atoms with van der Waals surface area (Å²) < 4.78 is 42.8. The van der Waals surface area contributed by atoms with Crippen LogP contribution in [0.15, 0.2) is 24.3 Å². The van der Waals surface area contributed by atoms with Gasteiger partial charge in [-0.05, 0) is 44.7 Å². The Kier molecular flexibility index (Phi) is 6.26. The smallest absolute Gasteiger partial charge is 0.414 e. The highest BCUT2D eigenvalue weighted by atomic mass is 28.2. The molecule has 0 bridgehead atoms. The Labute approximate surface area is 122 Å². The lowest BCUT2D eigenvalue weighted by Gasteiger charge is -2.22. The molecule has 0 spiro atoms. The highest BCUT2D eigenvalue weighted by Crippen LogP contribution is 2.29. The van der Waals surface area contributed by atoms with E-state index in [2.05, 4.69) is 10.5 Å². The summed E-state index contributed by atoms with van der Waals surface area (Å²) in [6, 6.07) is 5.57. The first-order chi connectivity index (χ1) is 9.24. The van der Waals surface area contributed by atoms with Gasteiger partial charge in [-0.15, -0.1) is 0 Å². The number of rotatable bonds is 7. The van der Waals surface area contributed by atoms with E-state index in [4.69, 9.17) is 4.43 Å². The van der Waals surface area contributed by atoms with Gasteiger partial charge in [-0.25, -0.2) is 0 Å². The molecule has 0 aliphatic carbocycles. The molecule has 5 heteroatoms. The fourth-order valence-electron chi connectivity index (χ4n) is 2.01. The third kappa shape index (κ3) is 6.09. The lowest BCUT2D eigenvalue weighted by Crippen LogP contribution is -2.22. The zero-order valence-corrected chi connectivity index (χ0v) is 12.9. The van der Waals surface area contributed by atoms with Gasteiger partial charge in [0, 0.05) is 5.60 Å². The third-order valence-electron chi connectivity index (χ3n) is 3.27. The summed E-state index contributed by atoms with van der Waals surface area (Å²) in [5.41, 5.74) is -0.0216. The first-order valence-electron chi connectivity index (χ1n) is 6.75. The molecule has 0 N–H and O–H groups in total. The molecule has 0 aliphatic heterocycles. The fraction of sp³-hybridized carbons (Fsp3) is 0.600. The topological polar surface area (TPSA) is 9.23 Å². The van der Waals surface area contributed by atoms with Gasteiger partial charge in [0.1, 0.15) is 0 Å². The van der Waals surface area contributed by atoms with Crippen LogP contribution in [0.3, 0.4) is 0 Å². The van der Waals surface area contributed by atoms with Gasteiger partial charge < -0.3 is 4.43 Å². The second-order valence-corrected chi connectivity index (χ2v) is 5.82. The van der Waals surface area contributed by atoms with E-state index < -0.39 is 11.7 Å². The number of hydrogen-bond donors (Lipinski definition) is 0. The zero-order chi connectivity index (χ0) is 15.2. The highest BCUT2D eigenvalue weighted by molar-refractivity contribution is 5.98. The molecule has 1 aromatic carbocycles. The maximum atomic E-state index is 12.6. The van der Waals surface area contributed by atoms with Crippen molar-refractivity contribution < 1.29 is 17.6 Å². The van der Waals surface area contributed by atoms with E-state index in [-0.39, 0.29) is 5.60 Å². The highest BCUT2D eigenvalue weighted by Gasteiger charge is 2.30. The van der Waals surface area contributed by atoms with E-state index in [1.807, 2.05) is 13.8 Å². The summed E-state index contributed by atoms with van der Waals surface area (Å²) in [6.07, 6.45) is 0.204. The molecule has 1 rings (SSSR count). The number of hydrogen-bond acceptors (Lipinski definition) is 1. The van der Waals surface area contributed by atoms with Gasteiger partial charge in [0.25, 0.3) is 0 Å². The molecule has 0 amide bonds. The normalized spacial score (nSPS) is 12.7. The predicted octanol–water partition coefficient (Wildman–Crippen LogP) is 4.69. The summed E-state index contributed by atoms with van der Waals surface area (Å²) in [7, 11) is 3.04. The second-order valence-electron chi connectivity index (χ2n) is 5.62. The van der Waals surface area contributed by atoms with Crippen LogP contribution in [0.2, 0.25) is 0 Å². The first kappa shape index (κ1) is 17.2. The summed E-state index contributed by atoms with van der Waals surface area (Å²) in [5, 5.41) is 0. The van der Waals surface area contributed by atoms with Crippen molar-refractivity contribution in [3.05, 3.63) is 35.4 Å². The van der Waals surface area contributed by atoms with Gasteiger partial charge in [-0.2, -0.15) is 13.2 Å². The van der Waals surface area contributed by atoms with Crippen LogP contribution in [-0.4, -0.2) is 16.1 Å². The SMILES string of the molecule is CC(C)(CCCCCc1cccc(C(F)(F)F)c1)O[Si]. The van der Waals surface area contributed by atoms with E-state index in [9.17, 15) is 13.2 Å². The largest absolute Gasteiger partial charge is 0.416 e. The lowest BCUT2D eigenvalue weighted by atomic mass is 9.98. The standard InChI is InChI=1S/C15H20F3OSi/c1-14(2,19-20)10-5-3-4-7-12-8-6-9-13(11-12)15(16,17)18/h6,8-9,11H,3-5,7,10H2,1-2H3. The van der Waals surface area contributed by atoms with Crippen molar-refractivity contribution >= 4 is 10.5 Å². The van der Waals surface area contributed by atoms with E-state index in [1.54, 1.807) is 6.07 Å². The van der Waals surface area contributed by atoms with E-state index >= 15 is 0 Å². The molecule has 1 aromatic rings. The number of unbranched alkanes of at least 4 members (excludes halogenated alkanes) is 2. The molecular weight excluding hydrogens is 281 g/mol. The van der Waals surface area contributed by atoms with E-state index in [1.165, 1.54) is 12.1 Å². The third-order valence-corrected chi connectivity index (χ3v) is 3.83. The van der Waals surface area contributed by atoms with Crippen molar-refractivity contribution in [2.24, 2.45) is 0 Å². The summed E-state index contributed by atoms with van der Waals surface area (Å²) in [5.74, 6) is 0. The summed E-state index contributed by atoms with van der Waals surface area (Å²) >= 11 is 0. The van der Waals surface area contributed by atoms with Crippen molar-refractivity contribution in [1.82, 2.24) is 0 Å². The molecule has 0 atom stereocenters. The Morgan fingerprint density at radius 3 is 2.40 bits per heavy atom. The lowest BCUT2D eigenvalue weighted by molar-refractivity contribution is -0.137. The van der Waals surface area contributed by atoms with Crippen LogP contribution in [0.25, 0.3) is 0 Å². The van der Waals surface area contributed by atoms with Gasteiger partial charge in [-0.3, -0.25) is 0 Å². The molecule has 0 aromatic heterocycles. The van der Waals surface area contributed by atoms with Crippen LogP contribution in [0.5, 0.6) is 0 Å². The van der Waals surface area contributed by atoms with Gasteiger partial charge in [0.15, 0.2) is 0 Å². The molecule has 0 saturated carbocycles. The zero-order valence-electron chi connectivity index (χ0n) is 11.9. The average molecular weight is 301 g/mol. The summed E-state index contributed by atoms with van der Waals surface area (Å²) in [4.78, 5) is 0. The molecule has 0 fully saturated rings. The van der Waals surface area contributed by atoms with Crippen molar-refractivity contribution in [3.63, 3.8) is 0 Å². The van der Waals surface area contributed by atoms with Crippen LogP contribution in [0.4, 0.5) is 13.2 Å². The average Bonchev–Trinajstić information content (AvgIpc) is 2.37. The van der Waals surface area contributed by atoms with Gasteiger partial charge in [0.2, 0.25) is 10.5 Å². The second kappa shape index (κ2) is 7.27. The maximum Gasteiger partial charge on any atom is 0.416 e. The van der Waals surface area contributed by atoms with Crippen LogP contribution in [-0.2, 0) is 17.0 Å². The van der Waals surface area contributed by atoms with Crippen LogP contribution < -0.4 is 0 Å². The minimum Gasteiger partial charge on any atom is -0.414 e. The Morgan fingerprint density at radius 1 is 1.10 bits per heavy atom. The quantitative estimate of drug-likeness (QED) is 0.524. The van der Waals surface area contributed by atoms with Crippen molar-refractivity contribution in [1.29, 1.82) is 0 Å². The van der Waals surface area contributed by atoms with Crippen molar-refractivity contribution in [2.45, 2.75) is 57.7 Å². The van der Waals surface area contributed by atoms with Gasteiger partial charge >= 0.3 is 6.18 Å². The summed E-state index contributed by atoms with van der Waals surface area (Å²) in [6.45, 7) is 3.99. The minimum absolute atomic E-state index is 0.201. The van der Waals surface area contributed by atoms with E-state index in [0.717, 1.165) is 37.3 Å². The van der Waals surface area contributed by atoms with Crippen molar-refractivity contribution in [2.75, 3.05) is 0 Å². The predicted molar refractivity (Wildman–Crippen MR) is 74.5 cm³/mol. The molecular formula is C15H20F3OSi. The number of alkyl halides is 3. The van der Waals surface area contributed by atoms with Crippen molar-refractivity contribution in [3.8, 4) is 0 Å². The van der Waals surface area contributed by atoms with Gasteiger partial charge in [-0.1, -0.05) is 31.0 Å². The molecule has 0 aliphatic rings. The van der Waals surface area contributed by atoms with Crippen LogP contribution in [0.1, 0.15) is 50.7 Å². The Balaban J connectivity index is 2.36. The molecule has 0 heterocycles. The molecule has 1 nitrogen and oxygen atoms in total. The molecule has 0 saturated heterocycles. The van der Waals surface area contributed by atoms with Crippen LogP contribution in [0, 0.1) is 0 Å². The Morgan fingerprint density at radius 2 is 1.80 bits per heavy atom. The fourth-order valence-corrected chi connectivity index (χ4v) is 2.11.